The quantitative estimate of drug-likeness (QED) is 0.801. The van der Waals surface area contributed by atoms with Crippen LogP contribution in [-0.4, -0.2) is 0 Å². The Hall–Kier alpha value is -1.22. The van der Waals surface area contributed by atoms with Gasteiger partial charge in [-0.05, 0) is 48.2 Å². The molecule has 0 amide bonds. The van der Waals surface area contributed by atoms with Crippen LogP contribution in [0.4, 0.5) is 11.4 Å². The molecule has 92 valence electrons. The maximum Gasteiger partial charge on any atom is 0.299 e. The molecule has 0 aliphatic carbocycles. The van der Waals surface area contributed by atoms with E-state index in [1.807, 2.05) is 36.4 Å². The Morgan fingerprint density at radius 1 is 0.944 bits per heavy atom. The van der Waals surface area contributed by atoms with E-state index in [4.69, 9.17) is 27.9 Å². The summed E-state index contributed by atoms with van der Waals surface area (Å²) in [6.07, 6.45) is 0. The van der Waals surface area contributed by atoms with Gasteiger partial charge < -0.3 is 14.7 Å². The van der Waals surface area contributed by atoms with Crippen molar-refractivity contribution in [3.05, 3.63) is 53.6 Å². The maximum atomic E-state index is 5.85. The average molecular weight is 297 g/mol. The van der Waals surface area contributed by atoms with Gasteiger partial charge in [0.25, 0.3) is 6.57 Å². The molecule has 2 aromatic carbocycles. The molecule has 1 aliphatic rings. The Labute approximate surface area is 115 Å². The van der Waals surface area contributed by atoms with Crippen LogP contribution in [0, 0.1) is 0 Å². The lowest BCUT2D eigenvalue weighted by Gasteiger charge is -2.18. The molecule has 0 radical (unpaired) electrons. The standard InChI is InChI=1S/C12H10ClN2OPS/c13-9-5-7-10(8-6-9)16-17(18)14-11-3-1-2-4-12(11)15-17/h1-8H,(H2,14,15,18). The molecule has 0 spiro atoms. The van der Waals surface area contributed by atoms with Gasteiger partial charge in [0.15, 0.2) is 0 Å². The van der Waals surface area contributed by atoms with Crippen molar-refractivity contribution < 1.29 is 4.52 Å². The summed E-state index contributed by atoms with van der Waals surface area (Å²) in [4.78, 5) is 0. The van der Waals surface area contributed by atoms with Gasteiger partial charge in [0.05, 0.1) is 11.4 Å². The molecule has 1 heterocycles. The van der Waals surface area contributed by atoms with Crippen molar-refractivity contribution in [3.8, 4) is 5.75 Å². The highest BCUT2D eigenvalue weighted by molar-refractivity contribution is 8.14. The van der Waals surface area contributed by atoms with Crippen LogP contribution in [0.2, 0.25) is 5.02 Å². The lowest BCUT2D eigenvalue weighted by Crippen LogP contribution is -2.03. The van der Waals surface area contributed by atoms with E-state index in [1.165, 1.54) is 0 Å². The molecule has 2 aromatic rings. The monoisotopic (exact) mass is 296 g/mol. The maximum absolute atomic E-state index is 5.85. The molecule has 0 fully saturated rings. The number of para-hydroxylation sites is 2. The minimum atomic E-state index is -2.30. The molecular formula is C12H10ClN2OPS. The molecule has 1 aliphatic heterocycles. The normalized spacial score (nSPS) is 15.4. The molecule has 0 saturated heterocycles. The first kappa shape index (κ1) is 11.8. The van der Waals surface area contributed by atoms with Crippen LogP contribution < -0.4 is 14.7 Å². The molecular weight excluding hydrogens is 287 g/mol. The molecule has 0 bridgehead atoms. The summed E-state index contributed by atoms with van der Waals surface area (Å²) >= 11 is 11.4. The molecule has 0 aromatic heterocycles. The number of anilines is 2. The largest absolute Gasteiger partial charge is 0.433 e. The molecule has 3 rings (SSSR count). The van der Waals surface area contributed by atoms with Crippen molar-refractivity contribution in [2.45, 2.75) is 0 Å². The zero-order valence-corrected chi connectivity index (χ0v) is 11.7. The van der Waals surface area contributed by atoms with E-state index in [1.54, 1.807) is 12.1 Å². The van der Waals surface area contributed by atoms with Crippen LogP contribution in [0.1, 0.15) is 0 Å². The van der Waals surface area contributed by atoms with Gasteiger partial charge in [-0.3, -0.25) is 0 Å². The van der Waals surface area contributed by atoms with Crippen molar-refractivity contribution in [2.24, 2.45) is 0 Å². The minimum Gasteiger partial charge on any atom is -0.433 e. The van der Waals surface area contributed by atoms with Gasteiger partial charge in [0.1, 0.15) is 5.75 Å². The zero-order valence-electron chi connectivity index (χ0n) is 9.26. The summed E-state index contributed by atoms with van der Waals surface area (Å²) in [5.74, 6) is 0.704. The highest BCUT2D eigenvalue weighted by Crippen LogP contribution is 2.54. The van der Waals surface area contributed by atoms with Gasteiger partial charge in [-0.15, -0.1) is 0 Å². The number of fused-ring (bicyclic) bond motifs is 1. The van der Waals surface area contributed by atoms with Crippen LogP contribution in [0.5, 0.6) is 5.75 Å². The van der Waals surface area contributed by atoms with Crippen molar-refractivity contribution in [1.29, 1.82) is 0 Å². The molecule has 0 unspecified atom stereocenters. The van der Waals surface area contributed by atoms with E-state index < -0.39 is 6.57 Å². The van der Waals surface area contributed by atoms with E-state index in [9.17, 15) is 0 Å². The molecule has 0 saturated carbocycles. The Kier molecular flexibility index (Phi) is 2.94. The van der Waals surface area contributed by atoms with Gasteiger partial charge >= 0.3 is 0 Å². The highest BCUT2D eigenvalue weighted by atomic mass is 35.5. The fourth-order valence-corrected chi connectivity index (χ4v) is 4.28. The van der Waals surface area contributed by atoms with Crippen LogP contribution in [0.25, 0.3) is 0 Å². The van der Waals surface area contributed by atoms with Crippen LogP contribution in [0.3, 0.4) is 0 Å². The number of nitrogens with one attached hydrogen (secondary N) is 2. The Morgan fingerprint density at radius 2 is 1.50 bits per heavy atom. The first-order chi connectivity index (χ1) is 8.65. The fraction of sp³-hybridized carbons (Fsp3) is 0. The summed E-state index contributed by atoms with van der Waals surface area (Å²) in [5, 5.41) is 7.14. The molecule has 18 heavy (non-hydrogen) atoms. The van der Waals surface area contributed by atoms with Crippen molar-refractivity contribution in [2.75, 3.05) is 10.2 Å². The number of rotatable bonds is 2. The minimum absolute atomic E-state index is 0.676. The third kappa shape index (κ3) is 2.32. The second-order valence-corrected chi connectivity index (χ2v) is 7.58. The zero-order chi connectivity index (χ0) is 12.6. The van der Waals surface area contributed by atoms with Gasteiger partial charge in [-0.1, -0.05) is 23.7 Å². The first-order valence-electron chi connectivity index (χ1n) is 5.35. The summed E-state index contributed by atoms with van der Waals surface area (Å²) in [6, 6.07) is 15.0. The van der Waals surface area contributed by atoms with E-state index in [0.29, 0.717) is 10.8 Å². The van der Waals surface area contributed by atoms with E-state index >= 15 is 0 Å². The highest BCUT2D eigenvalue weighted by Gasteiger charge is 2.28. The van der Waals surface area contributed by atoms with Crippen molar-refractivity contribution in [3.63, 3.8) is 0 Å². The molecule has 3 nitrogen and oxygen atoms in total. The summed E-state index contributed by atoms with van der Waals surface area (Å²) in [5.41, 5.74) is 1.96. The van der Waals surface area contributed by atoms with Crippen LogP contribution in [0.15, 0.2) is 48.5 Å². The SMILES string of the molecule is S=P1(Oc2ccc(Cl)cc2)Nc2ccccc2N1. The predicted octanol–water partition coefficient (Wildman–Crippen LogP) is 4.48. The fourth-order valence-electron chi connectivity index (χ4n) is 1.71. The second-order valence-electron chi connectivity index (χ2n) is 3.87. The topological polar surface area (TPSA) is 33.3 Å². The smallest absolute Gasteiger partial charge is 0.299 e. The number of benzene rings is 2. The van der Waals surface area contributed by atoms with E-state index in [2.05, 4.69) is 10.2 Å². The Bertz CT molecular complexity index is 603. The first-order valence-corrected chi connectivity index (χ1v) is 8.45. The number of hydrogen-bond acceptors (Lipinski definition) is 2. The Balaban J connectivity index is 1.83. The predicted molar refractivity (Wildman–Crippen MR) is 80.1 cm³/mol. The van der Waals surface area contributed by atoms with E-state index in [0.717, 1.165) is 11.4 Å². The summed E-state index contributed by atoms with van der Waals surface area (Å²) in [7, 11) is 0. The van der Waals surface area contributed by atoms with E-state index in [-0.39, 0.29) is 0 Å². The van der Waals surface area contributed by atoms with Gasteiger partial charge in [-0.2, -0.15) is 0 Å². The van der Waals surface area contributed by atoms with Gasteiger partial charge in [0, 0.05) is 5.02 Å². The average Bonchev–Trinajstić information content (AvgIpc) is 2.68. The van der Waals surface area contributed by atoms with Crippen molar-refractivity contribution >= 4 is 41.3 Å². The second kappa shape index (κ2) is 4.47. The summed E-state index contributed by atoms with van der Waals surface area (Å²) in [6.45, 7) is -2.30. The number of hydrogen-bond donors (Lipinski definition) is 2. The van der Waals surface area contributed by atoms with Crippen LogP contribution in [-0.2, 0) is 11.8 Å². The van der Waals surface area contributed by atoms with Crippen LogP contribution >= 0.6 is 18.2 Å². The molecule has 0 atom stereocenters. The lowest BCUT2D eigenvalue weighted by atomic mass is 10.3. The number of halogens is 1. The third-order valence-electron chi connectivity index (χ3n) is 2.51. The van der Waals surface area contributed by atoms with Crippen molar-refractivity contribution in [1.82, 2.24) is 0 Å². The summed E-state index contributed by atoms with van der Waals surface area (Å²) < 4.78 is 5.85. The van der Waals surface area contributed by atoms with Gasteiger partial charge in [-0.25, -0.2) is 0 Å². The third-order valence-corrected chi connectivity index (χ3v) is 5.07. The Morgan fingerprint density at radius 3 is 2.06 bits per heavy atom. The molecule has 6 heteroatoms. The van der Waals surface area contributed by atoms with Gasteiger partial charge in [0.2, 0.25) is 0 Å². The molecule has 2 N–H and O–H groups in total. The lowest BCUT2D eigenvalue weighted by molar-refractivity contribution is 0.621.